The van der Waals surface area contributed by atoms with Gasteiger partial charge in [-0.3, -0.25) is 0 Å². The van der Waals surface area contributed by atoms with E-state index in [9.17, 15) is 4.79 Å². The molecule has 0 aliphatic rings. The summed E-state index contributed by atoms with van der Waals surface area (Å²) in [5, 5.41) is 1.25. The number of carbonyl (C=O) groups is 1. The molecule has 0 radical (unpaired) electrons. The largest absolute Gasteiger partial charge is 0.361 e. The quantitative estimate of drug-likeness (QED) is 0.868. The molecule has 1 aromatic carbocycles. The molecule has 0 saturated carbocycles. The van der Waals surface area contributed by atoms with E-state index in [1.165, 1.54) is 16.5 Å². The van der Waals surface area contributed by atoms with E-state index in [1.807, 2.05) is 6.20 Å². The molecule has 96 valence electrons. The van der Waals surface area contributed by atoms with E-state index in [1.54, 1.807) is 6.92 Å². The van der Waals surface area contributed by atoms with E-state index in [0.717, 1.165) is 11.9 Å². The van der Waals surface area contributed by atoms with Crippen molar-refractivity contribution in [3.8, 4) is 0 Å². The third-order valence-electron chi connectivity index (χ3n) is 3.38. The van der Waals surface area contributed by atoms with E-state index in [-0.39, 0.29) is 11.2 Å². The van der Waals surface area contributed by atoms with Gasteiger partial charge in [-0.15, -0.1) is 0 Å². The highest BCUT2D eigenvalue weighted by molar-refractivity contribution is 5.85. The van der Waals surface area contributed by atoms with Crippen LogP contribution < -0.4 is 0 Å². The van der Waals surface area contributed by atoms with Crippen LogP contribution in [-0.4, -0.2) is 10.8 Å². The molecule has 2 nitrogen and oxygen atoms in total. The molecular weight excluding hydrogens is 222 g/mol. The number of benzene rings is 1. The maximum absolute atomic E-state index is 11.1. The first-order valence-electron chi connectivity index (χ1n) is 6.48. The summed E-state index contributed by atoms with van der Waals surface area (Å²) in [6.07, 6.45) is 3.47. The lowest BCUT2D eigenvalue weighted by Crippen LogP contribution is -2.10. The van der Waals surface area contributed by atoms with Crippen LogP contribution >= 0.6 is 0 Å². The van der Waals surface area contributed by atoms with Crippen LogP contribution in [0.1, 0.15) is 45.2 Å². The minimum absolute atomic E-state index is 0.156. The Bertz CT molecular complexity index is 572. The SMILES string of the molecule is CC(=O)CCc1c[nH]c2ccc(C(C)(C)C)cc12. The molecular formula is C16H21NO. The topological polar surface area (TPSA) is 32.9 Å². The van der Waals surface area contributed by atoms with E-state index in [0.29, 0.717) is 6.42 Å². The zero-order valence-electron chi connectivity index (χ0n) is 11.6. The number of hydrogen-bond donors (Lipinski definition) is 1. The summed E-state index contributed by atoms with van der Waals surface area (Å²) in [7, 11) is 0. The van der Waals surface area contributed by atoms with Gasteiger partial charge in [0, 0.05) is 23.5 Å². The number of carbonyl (C=O) groups excluding carboxylic acids is 1. The second kappa shape index (κ2) is 4.60. The first-order chi connectivity index (χ1) is 8.38. The number of aryl methyl sites for hydroxylation is 1. The Balaban J connectivity index is 2.40. The average molecular weight is 243 g/mol. The molecule has 0 atom stereocenters. The summed E-state index contributed by atoms with van der Waals surface area (Å²) in [5.74, 6) is 0.247. The molecule has 2 heteroatoms. The second-order valence-electron chi connectivity index (χ2n) is 6.03. The normalized spacial score (nSPS) is 12.0. The Hall–Kier alpha value is -1.57. The van der Waals surface area contributed by atoms with Crippen molar-refractivity contribution >= 4 is 16.7 Å². The zero-order chi connectivity index (χ0) is 13.3. The van der Waals surface area contributed by atoms with Crippen molar-refractivity contribution in [1.82, 2.24) is 4.98 Å². The molecule has 1 N–H and O–H groups in total. The van der Waals surface area contributed by atoms with Gasteiger partial charge < -0.3 is 9.78 Å². The monoisotopic (exact) mass is 243 g/mol. The molecule has 0 unspecified atom stereocenters. The van der Waals surface area contributed by atoms with Gasteiger partial charge in [0.25, 0.3) is 0 Å². The first-order valence-corrected chi connectivity index (χ1v) is 6.48. The van der Waals surface area contributed by atoms with Gasteiger partial charge in [0.15, 0.2) is 0 Å². The average Bonchev–Trinajstić information content (AvgIpc) is 2.67. The number of aromatic amines is 1. The van der Waals surface area contributed by atoms with Crippen LogP contribution in [0.25, 0.3) is 10.9 Å². The maximum Gasteiger partial charge on any atom is 0.130 e. The smallest absolute Gasteiger partial charge is 0.130 e. The van der Waals surface area contributed by atoms with E-state index in [2.05, 4.69) is 44.0 Å². The van der Waals surface area contributed by atoms with Gasteiger partial charge >= 0.3 is 0 Å². The molecule has 1 heterocycles. The van der Waals surface area contributed by atoms with Crippen LogP contribution in [0.15, 0.2) is 24.4 Å². The van der Waals surface area contributed by atoms with E-state index < -0.39 is 0 Å². The lowest BCUT2D eigenvalue weighted by Gasteiger charge is -2.19. The summed E-state index contributed by atoms with van der Waals surface area (Å²) >= 11 is 0. The highest BCUT2D eigenvalue weighted by Crippen LogP contribution is 2.28. The second-order valence-corrected chi connectivity index (χ2v) is 6.03. The Morgan fingerprint density at radius 2 is 2.00 bits per heavy atom. The first kappa shape index (κ1) is 12.9. The predicted octanol–water partition coefficient (Wildman–Crippen LogP) is 3.99. The van der Waals surface area contributed by atoms with Crippen molar-refractivity contribution in [3.05, 3.63) is 35.5 Å². The number of ketones is 1. The van der Waals surface area contributed by atoms with Gasteiger partial charge in [0.2, 0.25) is 0 Å². The summed E-state index contributed by atoms with van der Waals surface area (Å²) in [4.78, 5) is 14.4. The molecule has 0 fully saturated rings. The summed E-state index contributed by atoms with van der Waals surface area (Å²) in [6, 6.07) is 6.56. The lowest BCUT2D eigenvalue weighted by atomic mass is 9.86. The van der Waals surface area contributed by atoms with Crippen LogP contribution in [0.5, 0.6) is 0 Å². The van der Waals surface area contributed by atoms with Crippen molar-refractivity contribution < 1.29 is 4.79 Å². The molecule has 1 aromatic heterocycles. The number of Topliss-reactive ketones (excluding diaryl/α,β-unsaturated/α-hetero) is 1. The molecule has 2 aromatic rings. The Labute approximate surface area is 108 Å². The summed E-state index contributed by atoms with van der Waals surface area (Å²) in [5.41, 5.74) is 3.88. The number of nitrogens with one attached hydrogen (secondary N) is 1. The number of aromatic nitrogens is 1. The zero-order valence-corrected chi connectivity index (χ0v) is 11.6. The van der Waals surface area contributed by atoms with Crippen molar-refractivity contribution in [2.75, 3.05) is 0 Å². The van der Waals surface area contributed by atoms with Gasteiger partial charge in [-0.05, 0) is 42.0 Å². The fourth-order valence-electron chi connectivity index (χ4n) is 2.16. The number of rotatable bonds is 3. The molecule has 18 heavy (non-hydrogen) atoms. The number of H-pyrrole nitrogens is 1. The molecule has 0 aliphatic carbocycles. The van der Waals surface area contributed by atoms with Gasteiger partial charge in [-0.1, -0.05) is 26.8 Å². The van der Waals surface area contributed by atoms with Crippen molar-refractivity contribution in [1.29, 1.82) is 0 Å². The number of fused-ring (bicyclic) bond motifs is 1. The van der Waals surface area contributed by atoms with Gasteiger partial charge in [0.1, 0.15) is 5.78 Å². The van der Waals surface area contributed by atoms with E-state index >= 15 is 0 Å². The molecule has 2 rings (SSSR count). The fraction of sp³-hybridized carbons (Fsp3) is 0.438. The minimum atomic E-state index is 0.156. The van der Waals surface area contributed by atoms with Crippen LogP contribution in [0.3, 0.4) is 0 Å². The minimum Gasteiger partial charge on any atom is -0.361 e. The lowest BCUT2D eigenvalue weighted by molar-refractivity contribution is -0.116. The maximum atomic E-state index is 11.1. The van der Waals surface area contributed by atoms with Gasteiger partial charge in [0.05, 0.1) is 0 Å². The van der Waals surface area contributed by atoms with Crippen molar-refractivity contribution in [2.45, 2.75) is 46.0 Å². The van der Waals surface area contributed by atoms with Crippen molar-refractivity contribution in [3.63, 3.8) is 0 Å². The Kier molecular flexibility index (Phi) is 3.29. The van der Waals surface area contributed by atoms with Crippen LogP contribution in [0, 0.1) is 0 Å². The summed E-state index contributed by atoms with van der Waals surface area (Å²) in [6.45, 7) is 8.30. The van der Waals surface area contributed by atoms with Crippen LogP contribution in [0.2, 0.25) is 0 Å². The van der Waals surface area contributed by atoms with E-state index in [4.69, 9.17) is 0 Å². The Morgan fingerprint density at radius 3 is 2.61 bits per heavy atom. The third-order valence-corrected chi connectivity index (χ3v) is 3.38. The molecule has 0 amide bonds. The van der Waals surface area contributed by atoms with Gasteiger partial charge in [-0.2, -0.15) is 0 Å². The highest BCUT2D eigenvalue weighted by Gasteiger charge is 2.15. The van der Waals surface area contributed by atoms with Crippen LogP contribution in [-0.2, 0) is 16.6 Å². The summed E-state index contributed by atoms with van der Waals surface area (Å²) < 4.78 is 0. The fourth-order valence-corrected chi connectivity index (χ4v) is 2.16. The van der Waals surface area contributed by atoms with Crippen LogP contribution in [0.4, 0.5) is 0 Å². The standard InChI is InChI=1S/C16H21NO/c1-11(18)5-6-12-10-17-15-8-7-13(9-14(12)15)16(2,3)4/h7-10,17H,5-6H2,1-4H3. The van der Waals surface area contributed by atoms with Gasteiger partial charge in [-0.25, -0.2) is 0 Å². The predicted molar refractivity (Wildman–Crippen MR) is 76.0 cm³/mol. The molecule has 0 aliphatic heterocycles. The highest BCUT2D eigenvalue weighted by atomic mass is 16.1. The Morgan fingerprint density at radius 1 is 1.28 bits per heavy atom. The molecule has 0 saturated heterocycles. The molecule has 0 spiro atoms. The third kappa shape index (κ3) is 2.63. The number of hydrogen-bond acceptors (Lipinski definition) is 1. The molecule has 0 bridgehead atoms. The van der Waals surface area contributed by atoms with Crippen molar-refractivity contribution in [2.24, 2.45) is 0 Å².